The van der Waals surface area contributed by atoms with E-state index < -0.39 is 15.1 Å². The molecule has 2 heterocycles. The first-order valence-electron chi connectivity index (χ1n) is 9.46. The van der Waals surface area contributed by atoms with E-state index in [2.05, 4.69) is 12.0 Å². The molecule has 1 aliphatic rings. The van der Waals surface area contributed by atoms with Crippen LogP contribution in [0.15, 0.2) is 36.5 Å². The first-order chi connectivity index (χ1) is 12.8. The third-order valence-electron chi connectivity index (χ3n) is 5.46. The molecule has 2 unspecified atom stereocenters. The summed E-state index contributed by atoms with van der Waals surface area (Å²) in [6.45, 7) is 6.43. The summed E-state index contributed by atoms with van der Waals surface area (Å²) in [6.07, 6.45) is 3.29. The number of carbonyl (C=O) groups is 1. The standard InChI is InChI=1S/C20H27N3O3S/c1-4-8-19-18(13-21-23(19)14-17-9-6-5-7-10-17)20(24)22-11-12-27(25,26)16(3)15(22)2/h5-7,9-10,13,15-16H,4,8,11-12,14H2,1-3H3. The van der Waals surface area contributed by atoms with Gasteiger partial charge in [-0.1, -0.05) is 43.7 Å². The molecule has 0 spiro atoms. The zero-order valence-electron chi connectivity index (χ0n) is 16.1. The van der Waals surface area contributed by atoms with Gasteiger partial charge in [0.15, 0.2) is 9.84 Å². The molecule has 6 nitrogen and oxygen atoms in total. The zero-order valence-corrected chi connectivity index (χ0v) is 16.9. The predicted octanol–water partition coefficient (Wildman–Crippen LogP) is 2.53. The molecular weight excluding hydrogens is 362 g/mol. The number of amides is 1. The van der Waals surface area contributed by atoms with Crippen molar-refractivity contribution in [2.45, 2.75) is 51.4 Å². The molecule has 2 aromatic rings. The second kappa shape index (κ2) is 7.84. The summed E-state index contributed by atoms with van der Waals surface area (Å²) < 4.78 is 26.1. The SMILES string of the molecule is CCCc1c(C(=O)N2CCS(=O)(=O)C(C)C2C)cnn1Cc1ccccc1. The third-order valence-corrected chi connectivity index (χ3v) is 7.73. The molecule has 2 atom stereocenters. The summed E-state index contributed by atoms with van der Waals surface area (Å²) in [5.74, 6) is -0.0992. The molecule has 0 bridgehead atoms. The highest BCUT2D eigenvalue weighted by Crippen LogP contribution is 2.23. The molecule has 146 valence electrons. The Balaban J connectivity index is 1.89. The summed E-state index contributed by atoms with van der Waals surface area (Å²) in [7, 11) is -3.13. The van der Waals surface area contributed by atoms with Gasteiger partial charge in [0.1, 0.15) is 0 Å². The van der Waals surface area contributed by atoms with Crippen molar-refractivity contribution in [3.63, 3.8) is 0 Å². The van der Waals surface area contributed by atoms with E-state index in [4.69, 9.17) is 0 Å². The number of hydrogen-bond acceptors (Lipinski definition) is 4. The van der Waals surface area contributed by atoms with Gasteiger partial charge in [-0.2, -0.15) is 5.10 Å². The number of rotatable bonds is 5. The number of hydrogen-bond donors (Lipinski definition) is 0. The maximum Gasteiger partial charge on any atom is 0.257 e. The van der Waals surface area contributed by atoms with Crippen molar-refractivity contribution in [2.75, 3.05) is 12.3 Å². The number of carbonyl (C=O) groups excluding carboxylic acids is 1. The van der Waals surface area contributed by atoms with Crippen molar-refractivity contribution in [3.05, 3.63) is 53.3 Å². The number of sulfone groups is 1. The van der Waals surface area contributed by atoms with E-state index in [1.54, 1.807) is 18.0 Å². The molecule has 0 N–H and O–H groups in total. The Hall–Kier alpha value is -2.15. The summed E-state index contributed by atoms with van der Waals surface area (Å²) in [6, 6.07) is 9.68. The Morgan fingerprint density at radius 1 is 1.22 bits per heavy atom. The zero-order chi connectivity index (χ0) is 19.6. The van der Waals surface area contributed by atoms with E-state index >= 15 is 0 Å². The van der Waals surface area contributed by atoms with Crippen molar-refractivity contribution in [1.29, 1.82) is 0 Å². The van der Waals surface area contributed by atoms with Crippen LogP contribution in [-0.2, 0) is 22.8 Å². The van der Waals surface area contributed by atoms with Gasteiger partial charge in [-0.15, -0.1) is 0 Å². The number of aromatic nitrogens is 2. The van der Waals surface area contributed by atoms with Crippen LogP contribution in [0.2, 0.25) is 0 Å². The normalized spacial score (nSPS) is 22.0. The van der Waals surface area contributed by atoms with Gasteiger partial charge in [-0.05, 0) is 25.8 Å². The maximum absolute atomic E-state index is 13.2. The van der Waals surface area contributed by atoms with Crippen LogP contribution in [0.25, 0.3) is 0 Å². The average molecular weight is 390 g/mol. The number of nitrogens with zero attached hydrogens (tertiary/aromatic N) is 3. The van der Waals surface area contributed by atoms with Crippen molar-refractivity contribution >= 4 is 15.7 Å². The van der Waals surface area contributed by atoms with Crippen LogP contribution in [0.3, 0.4) is 0 Å². The van der Waals surface area contributed by atoms with Gasteiger partial charge in [0.25, 0.3) is 5.91 Å². The minimum Gasteiger partial charge on any atom is -0.334 e. The van der Waals surface area contributed by atoms with E-state index in [1.807, 2.05) is 41.9 Å². The summed E-state index contributed by atoms with van der Waals surface area (Å²) in [5, 5.41) is 3.92. The number of benzene rings is 1. The maximum atomic E-state index is 13.2. The van der Waals surface area contributed by atoms with Crippen LogP contribution >= 0.6 is 0 Å². The lowest BCUT2D eigenvalue weighted by Crippen LogP contribution is -2.54. The van der Waals surface area contributed by atoms with Gasteiger partial charge in [-0.25, -0.2) is 8.42 Å². The van der Waals surface area contributed by atoms with Crippen LogP contribution in [0.1, 0.15) is 48.8 Å². The van der Waals surface area contributed by atoms with Gasteiger partial charge >= 0.3 is 0 Å². The molecule has 1 amide bonds. The van der Waals surface area contributed by atoms with Crippen molar-refractivity contribution in [3.8, 4) is 0 Å². The Labute approximate surface area is 161 Å². The Bertz CT molecular complexity index is 906. The molecule has 1 aromatic carbocycles. The fourth-order valence-corrected chi connectivity index (χ4v) is 5.16. The van der Waals surface area contributed by atoms with E-state index in [0.29, 0.717) is 12.1 Å². The van der Waals surface area contributed by atoms with Gasteiger partial charge in [0.2, 0.25) is 0 Å². The van der Waals surface area contributed by atoms with E-state index in [1.165, 1.54) is 0 Å². The van der Waals surface area contributed by atoms with Crippen molar-refractivity contribution in [1.82, 2.24) is 14.7 Å². The highest BCUT2D eigenvalue weighted by molar-refractivity contribution is 7.92. The van der Waals surface area contributed by atoms with Crippen LogP contribution in [-0.4, -0.2) is 52.6 Å². The minimum absolute atomic E-state index is 0.0194. The first-order valence-corrected chi connectivity index (χ1v) is 11.2. The molecule has 0 radical (unpaired) electrons. The second-order valence-electron chi connectivity index (χ2n) is 7.21. The van der Waals surface area contributed by atoms with Crippen molar-refractivity contribution in [2.24, 2.45) is 0 Å². The smallest absolute Gasteiger partial charge is 0.257 e. The molecule has 0 aliphatic carbocycles. The molecule has 1 saturated heterocycles. The fourth-order valence-electron chi connectivity index (χ4n) is 3.59. The van der Waals surface area contributed by atoms with Gasteiger partial charge in [-0.3, -0.25) is 9.48 Å². The lowest BCUT2D eigenvalue weighted by Gasteiger charge is -2.37. The Kier molecular flexibility index (Phi) is 5.69. The predicted molar refractivity (Wildman–Crippen MR) is 106 cm³/mol. The lowest BCUT2D eigenvalue weighted by atomic mass is 10.1. The topological polar surface area (TPSA) is 72.3 Å². The minimum atomic E-state index is -3.13. The molecular formula is C20H27N3O3S. The average Bonchev–Trinajstić information content (AvgIpc) is 3.03. The monoisotopic (exact) mass is 389 g/mol. The van der Waals surface area contributed by atoms with Crippen LogP contribution in [0.5, 0.6) is 0 Å². The summed E-state index contributed by atoms with van der Waals surface area (Å²) in [4.78, 5) is 14.9. The Morgan fingerprint density at radius 2 is 1.93 bits per heavy atom. The summed E-state index contributed by atoms with van der Waals surface area (Å²) >= 11 is 0. The highest BCUT2D eigenvalue weighted by atomic mass is 32.2. The fraction of sp³-hybridized carbons (Fsp3) is 0.500. The van der Waals surface area contributed by atoms with E-state index in [-0.39, 0.29) is 24.2 Å². The van der Waals surface area contributed by atoms with Crippen molar-refractivity contribution < 1.29 is 13.2 Å². The van der Waals surface area contributed by atoms with Crippen LogP contribution in [0.4, 0.5) is 0 Å². The Morgan fingerprint density at radius 3 is 2.59 bits per heavy atom. The van der Waals surface area contributed by atoms with Gasteiger partial charge < -0.3 is 4.90 Å². The quantitative estimate of drug-likeness (QED) is 0.788. The van der Waals surface area contributed by atoms with E-state index in [0.717, 1.165) is 24.1 Å². The molecule has 1 fully saturated rings. The third kappa shape index (κ3) is 3.93. The molecule has 1 aromatic heterocycles. The molecule has 1 aliphatic heterocycles. The largest absolute Gasteiger partial charge is 0.334 e. The molecule has 7 heteroatoms. The summed E-state index contributed by atoms with van der Waals surface area (Å²) in [5.41, 5.74) is 2.63. The first kappa shape index (κ1) is 19.6. The van der Waals surface area contributed by atoms with Gasteiger partial charge in [0.05, 0.1) is 35.0 Å². The van der Waals surface area contributed by atoms with Gasteiger partial charge in [0, 0.05) is 12.6 Å². The molecule has 3 rings (SSSR count). The van der Waals surface area contributed by atoms with Crippen LogP contribution in [0, 0.1) is 0 Å². The molecule has 27 heavy (non-hydrogen) atoms. The molecule has 0 saturated carbocycles. The lowest BCUT2D eigenvalue weighted by molar-refractivity contribution is 0.0692. The van der Waals surface area contributed by atoms with Crippen LogP contribution < -0.4 is 0 Å². The highest BCUT2D eigenvalue weighted by Gasteiger charge is 2.39. The second-order valence-corrected chi connectivity index (χ2v) is 9.69. The van der Waals surface area contributed by atoms with E-state index in [9.17, 15) is 13.2 Å².